The summed E-state index contributed by atoms with van der Waals surface area (Å²) in [5, 5.41) is 0. The molecule has 4 heteroatoms. The normalized spacial score (nSPS) is 8.00. The van der Waals surface area contributed by atoms with E-state index < -0.39 is 25.2 Å². The zero-order valence-corrected chi connectivity index (χ0v) is 7.97. The van der Waals surface area contributed by atoms with Crippen LogP contribution >= 0.6 is 8.51 Å². The van der Waals surface area contributed by atoms with Gasteiger partial charge in [-0.15, -0.1) is 0 Å². The molecule has 0 aromatic rings. The van der Waals surface area contributed by atoms with Crippen LogP contribution in [-0.4, -0.2) is 5.43 Å². The minimum absolute atomic E-state index is 0.656. The fraction of sp³-hybridized carbons (Fsp3) is 1.00. The van der Waals surface area contributed by atoms with E-state index in [4.69, 9.17) is 8.51 Å². The summed E-state index contributed by atoms with van der Waals surface area (Å²) in [7, 11) is 5.19. The quantitative estimate of drug-likeness (QED) is 0.528. The molecule has 0 unspecified atom stereocenters. The summed E-state index contributed by atoms with van der Waals surface area (Å²) in [4.78, 5) is 0. The van der Waals surface area contributed by atoms with E-state index in [9.17, 15) is 2.63 Å². The van der Waals surface area contributed by atoms with Crippen molar-refractivity contribution in [3.63, 3.8) is 0 Å². The van der Waals surface area contributed by atoms with E-state index >= 15 is 0 Å². The van der Waals surface area contributed by atoms with E-state index in [-0.39, 0.29) is 0 Å². The Morgan fingerprint density at radius 2 is 1.83 bits per heavy atom. The average molecular weight is 204 g/mol. The van der Waals surface area contributed by atoms with Crippen LogP contribution < -0.4 is 0 Å². The van der Waals surface area contributed by atoms with E-state index in [1.165, 1.54) is 0 Å². The van der Waals surface area contributed by atoms with Gasteiger partial charge in [0.15, 0.2) is 0 Å². The summed E-state index contributed by atoms with van der Waals surface area (Å²) < 4.78 is 11.8. The fourth-order valence-electron chi connectivity index (χ4n) is 0. The van der Waals surface area contributed by atoms with Gasteiger partial charge in [0, 0.05) is 0 Å². The Labute approximate surface area is 49.3 Å². The van der Waals surface area contributed by atoms with E-state index in [1.54, 1.807) is 0 Å². The third-order valence-electron chi connectivity index (χ3n) is 0.378. The molecule has 0 atom stereocenters. The zero-order chi connectivity index (χ0) is 5.15. The average Bonchev–Trinajstić information content (AvgIpc) is 1.36. The van der Waals surface area contributed by atoms with Crippen LogP contribution in [-0.2, 0) is 19.8 Å². The molecule has 0 aromatic carbocycles. The first-order valence-electron chi connectivity index (χ1n) is 1.63. The molecule has 0 heterocycles. The van der Waals surface area contributed by atoms with Crippen molar-refractivity contribution in [2.24, 2.45) is 0 Å². The van der Waals surface area contributed by atoms with Crippen molar-refractivity contribution in [3.8, 4) is 0 Å². The van der Waals surface area contributed by atoms with Gasteiger partial charge in [-0.25, -0.2) is 0 Å². The molecule has 0 nitrogen and oxygen atoms in total. The Hall–Kier alpha value is 1.32. The van der Waals surface area contributed by atoms with Crippen LogP contribution in [0.5, 0.6) is 0 Å². The summed E-state index contributed by atoms with van der Waals surface area (Å²) in [5.74, 6) is 0. The standard InChI is InChI=1S/C2H6Si.ClH.FH.Zr/c1-3-2;;;/h1-2H3;2*1H;/q;;;+2/p-2. The Kier molecular flexibility index (Phi) is 4.07. The molecule has 0 saturated carbocycles. The van der Waals surface area contributed by atoms with Crippen LogP contribution in [0.4, 0.5) is 2.63 Å². The van der Waals surface area contributed by atoms with Gasteiger partial charge in [0.25, 0.3) is 0 Å². The molecular formula is C2H6ClFSiZr. The summed E-state index contributed by atoms with van der Waals surface area (Å²) in [6.07, 6.45) is 0. The van der Waals surface area contributed by atoms with Crippen molar-refractivity contribution in [1.29, 1.82) is 0 Å². The molecule has 0 amide bonds. The second-order valence-electron chi connectivity index (χ2n) is 1.26. The minimum atomic E-state index is -2.63. The molecule has 0 aromatic heterocycles. The van der Waals surface area contributed by atoms with Crippen molar-refractivity contribution < 1.29 is 22.4 Å². The first kappa shape index (κ1) is 7.32. The topological polar surface area (TPSA) is 0 Å². The molecule has 0 saturated heterocycles. The molecular weight excluding hydrogens is 198 g/mol. The molecule has 0 aliphatic rings. The molecule has 0 fully saturated rings. The number of halogens is 2. The molecule has 0 aliphatic carbocycles. The Balaban J connectivity index is 3.68. The summed E-state index contributed by atoms with van der Waals surface area (Å²) >= 11 is -2.63. The molecule has 0 bridgehead atoms. The fourth-order valence-corrected chi connectivity index (χ4v) is 0. The van der Waals surface area contributed by atoms with Gasteiger partial charge in [0.05, 0.1) is 0 Å². The van der Waals surface area contributed by atoms with Gasteiger partial charge in [-0.3, -0.25) is 0 Å². The predicted molar refractivity (Wildman–Crippen MR) is 24.4 cm³/mol. The summed E-state index contributed by atoms with van der Waals surface area (Å²) in [6, 6.07) is 0. The molecule has 0 N–H and O–H groups in total. The van der Waals surface area contributed by atoms with Gasteiger partial charge in [0.1, 0.15) is 0 Å². The van der Waals surface area contributed by atoms with E-state index in [0.29, 0.717) is 0 Å². The second kappa shape index (κ2) is 3.34. The van der Waals surface area contributed by atoms with Gasteiger partial charge >= 0.3 is 49.4 Å². The zero-order valence-electron chi connectivity index (χ0n) is 3.76. The first-order valence-corrected chi connectivity index (χ1v) is 11.9. The molecule has 36 valence electrons. The van der Waals surface area contributed by atoms with Gasteiger partial charge < -0.3 is 0 Å². The van der Waals surface area contributed by atoms with E-state index in [1.807, 2.05) is 13.1 Å². The SMILES string of the molecule is C[Si](C)=[Zr]([F])[Cl]. The van der Waals surface area contributed by atoms with Crippen molar-refractivity contribution >= 4 is 13.9 Å². The van der Waals surface area contributed by atoms with Crippen LogP contribution in [0.15, 0.2) is 0 Å². The molecule has 6 heavy (non-hydrogen) atoms. The molecule has 0 radical (unpaired) electrons. The van der Waals surface area contributed by atoms with Crippen molar-refractivity contribution in [3.05, 3.63) is 0 Å². The third-order valence-corrected chi connectivity index (χ3v) is 13.4. The Bertz CT molecular complexity index is 63.6. The summed E-state index contributed by atoms with van der Waals surface area (Å²) in [5.41, 5.74) is -0.656. The van der Waals surface area contributed by atoms with Gasteiger partial charge in [0.2, 0.25) is 0 Å². The molecule has 0 rings (SSSR count). The van der Waals surface area contributed by atoms with Crippen LogP contribution in [0.3, 0.4) is 0 Å². The van der Waals surface area contributed by atoms with Gasteiger partial charge in [-0.2, -0.15) is 0 Å². The van der Waals surface area contributed by atoms with Crippen molar-refractivity contribution in [2.75, 3.05) is 0 Å². The van der Waals surface area contributed by atoms with Crippen LogP contribution in [0, 0.1) is 0 Å². The van der Waals surface area contributed by atoms with E-state index in [0.717, 1.165) is 0 Å². The van der Waals surface area contributed by atoms with Gasteiger partial charge in [-0.05, 0) is 0 Å². The molecule has 0 aliphatic heterocycles. The monoisotopic (exact) mass is 202 g/mol. The maximum absolute atomic E-state index is 11.8. The number of hydrogen-bond donors (Lipinski definition) is 0. The molecule has 0 spiro atoms. The maximum atomic E-state index is 11.8. The Morgan fingerprint density at radius 3 is 1.83 bits per heavy atom. The van der Waals surface area contributed by atoms with Gasteiger partial charge in [-0.1, -0.05) is 0 Å². The first-order chi connectivity index (χ1) is 2.64. The summed E-state index contributed by atoms with van der Waals surface area (Å²) in [6.45, 7) is 3.85. The van der Waals surface area contributed by atoms with Crippen LogP contribution in [0.2, 0.25) is 13.1 Å². The third kappa shape index (κ3) is 3.51. The number of rotatable bonds is 0. The van der Waals surface area contributed by atoms with Crippen LogP contribution in [0.25, 0.3) is 0 Å². The van der Waals surface area contributed by atoms with Crippen LogP contribution in [0.1, 0.15) is 0 Å². The second-order valence-corrected chi connectivity index (χ2v) is 18.4. The van der Waals surface area contributed by atoms with E-state index in [2.05, 4.69) is 0 Å². The van der Waals surface area contributed by atoms with Crippen molar-refractivity contribution in [1.82, 2.24) is 0 Å². The van der Waals surface area contributed by atoms with Crippen molar-refractivity contribution in [2.45, 2.75) is 13.1 Å². The predicted octanol–water partition coefficient (Wildman–Crippen LogP) is 1.89. The number of hydrogen-bond acceptors (Lipinski definition) is 0. The Morgan fingerprint density at radius 1 is 1.67 bits per heavy atom.